The average molecular weight is 590 g/mol. The molecule has 1 unspecified atom stereocenters. The Morgan fingerprint density at radius 2 is 1.60 bits per heavy atom. The van der Waals surface area contributed by atoms with Crippen LogP contribution >= 0.6 is 35.1 Å². The molecule has 1 heterocycles. The van der Waals surface area contributed by atoms with E-state index in [1.165, 1.54) is 23.5 Å². The fraction of sp³-hybridized carbons (Fsp3) is 0.138. The van der Waals surface area contributed by atoms with Crippen LogP contribution in [0, 0.1) is 0 Å². The van der Waals surface area contributed by atoms with Crippen molar-refractivity contribution >= 4 is 69.7 Å². The van der Waals surface area contributed by atoms with E-state index in [0.29, 0.717) is 21.5 Å². The zero-order chi connectivity index (χ0) is 28.3. The summed E-state index contributed by atoms with van der Waals surface area (Å²) in [7, 11) is 0. The third kappa shape index (κ3) is 8.54. The predicted molar refractivity (Wildman–Crippen MR) is 164 cm³/mol. The topological polar surface area (TPSA) is 113 Å². The summed E-state index contributed by atoms with van der Waals surface area (Å²) in [6.45, 7) is 3.83. The maximum absolute atomic E-state index is 13.2. The van der Waals surface area contributed by atoms with Gasteiger partial charge < -0.3 is 10.6 Å². The predicted octanol–water partition coefficient (Wildman–Crippen LogP) is 6.18. The molecule has 204 valence electrons. The van der Waals surface area contributed by atoms with E-state index in [1.54, 1.807) is 42.5 Å². The van der Waals surface area contributed by atoms with Crippen LogP contribution in [0.1, 0.15) is 29.8 Å². The Morgan fingerprint density at radius 1 is 0.925 bits per heavy atom. The number of carbonyl (C=O) groups excluding carboxylic acids is 3. The smallest absolute Gasteiger partial charge is 0.272 e. The summed E-state index contributed by atoms with van der Waals surface area (Å²) in [4.78, 5) is 43.7. The highest BCUT2D eigenvalue weighted by Crippen LogP contribution is 2.27. The Labute approximate surface area is 245 Å². The minimum absolute atomic E-state index is 0.112. The Balaban J connectivity index is 1.39. The fourth-order valence-corrected chi connectivity index (χ4v) is 5.53. The van der Waals surface area contributed by atoms with Crippen LogP contribution in [0.25, 0.3) is 6.08 Å². The zero-order valence-corrected chi connectivity index (χ0v) is 24.2. The molecular weight excluding hydrogens is 563 g/mol. The summed E-state index contributed by atoms with van der Waals surface area (Å²) in [6, 6.07) is 25.2. The number of benzene rings is 3. The number of amides is 3. The molecule has 40 heavy (non-hydrogen) atoms. The minimum Gasteiger partial charge on any atom is -0.321 e. The van der Waals surface area contributed by atoms with Gasteiger partial charge in [0.25, 0.3) is 11.8 Å². The Morgan fingerprint density at radius 3 is 2.27 bits per heavy atom. The number of thioether (sulfide) groups is 2. The molecule has 0 spiro atoms. The number of hydrogen-bond donors (Lipinski definition) is 3. The second kappa shape index (κ2) is 14.5. The summed E-state index contributed by atoms with van der Waals surface area (Å²) < 4.78 is 4.21. The SMILES string of the molecule is CCSc1nsc(NC(=O)C(C)Sc2ccc(NC(=O)/C(=C/c3ccccc3)NC(=O)c3ccccc3)cc2)n1. The van der Waals surface area contributed by atoms with Gasteiger partial charge in [-0.05, 0) is 60.7 Å². The lowest BCUT2D eigenvalue weighted by atomic mass is 10.1. The molecule has 0 bridgehead atoms. The molecule has 0 saturated carbocycles. The molecule has 3 amide bonds. The second-order valence-corrected chi connectivity index (χ2v) is 11.7. The average Bonchev–Trinajstić information content (AvgIpc) is 3.41. The lowest BCUT2D eigenvalue weighted by Gasteiger charge is -2.13. The third-order valence-corrected chi connectivity index (χ3v) is 7.93. The molecule has 3 N–H and O–H groups in total. The zero-order valence-electron chi connectivity index (χ0n) is 21.8. The van der Waals surface area contributed by atoms with Gasteiger partial charge in [0, 0.05) is 27.7 Å². The van der Waals surface area contributed by atoms with Gasteiger partial charge in [0.15, 0.2) is 0 Å². The van der Waals surface area contributed by atoms with Crippen molar-refractivity contribution in [1.82, 2.24) is 14.7 Å². The van der Waals surface area contributed by atoms with Crippen LogP contribution in [0.5, 0.6) is 0 Å². The summed E-state index contributed by atoms with van der Waals surface area (Å²) in [5, 5.41) is 9.14. The van der Waals surface area contributed by atoms with E-state index in [-0.39, 0.29) is 22.8 Å². The van der Waals surface area contributed by atoms with Gasteiger partial charge in [-0.3, -0.25) is 19.7 Å². The van der Waals surface area contributed by atoms with Crippen LogP contribution in [0.15, 0.2) is 101 Å². The molecule has 0 aliphatic rings. The van der Waals surface area contributed by atoms with Gasteiger partial charge in [0.2, 0.25) is 16.2 Å². The number of nitrogens with one attached hydrogen (secondary N) is 3. The van der Waals surface area contributed by atoms with E-state index in [4.69, 9.17) is 0 Å². The van der Waals surface area contributed by atoms with Crippen LogP contribution < -0.4 is 16.0 Å². The monoisotopic (exact) mass is 589 g/mol. The highest BCUT2D eigenvalue weighted by atomic mass is 32.2. The molecule has 0 fully saturated rings. The van der Waals surface area contributed by atoms with E-state index in [2.05, 4.69) is 25.3 Å². The van der Waals surface area contributed by atoms with E-state index in [1.807, 2.05) is 62.4 Å². The summed E-state index contributed by atoms with van der Waals surface area (Å²) in [5.41, 5.74) is 1.88. The first-order chi connectivity index (χ1) is 19.4. The number of anilines is 2. The number of rotatable bonds is 11. The highest BCUT2D eigenvalue weighted by Gasteiger charge is 2.18. The molecule has 4 aromatic rings. The summed E-state index contributed by atoms with van der Waals surface area (Å²) in [6.07, 6.45) is 1.63. The lowest BCUT2D eigenvalue weighted by Crippen LogP contribution is -2.30. The normalized spacial score (nSPS) is 11.9. The fourth-order valence-electron chi connectivity index (χ4n) is 3.39. The quantitative estimate of drug-likeness (QED) is 0.141. The third-order valence-electron chi connectivity index (χ3n) is 5.34. The summed E-state index contributed by atoms with van der Waals surface area (Å²) >= 11 is 4.07. The van der Waals surface area contributed by atoms with Crippen LogP contribution in [0.2, 0.25) is 0 Å². The van der Waals surface area contributed by atoms with Gasteiger partial charge in [0.1, 0.15) is 5.70 Å². The van der Waals surface area contributed by atoms with Gasteiger partial charge in [0.05, 0.1) is 5.25 Å². The van der Waals surface area contributed by atoms with Gasteiger partial charge in [-0.25, -0.2) is 0 Å². The van der Waals surface area contributed by atoms with Crippen molar-refractivity contribution in [2.75, 3.05) is 16.4 Å². The van der Waals surface area contributed by atoms with Crippen molar-refractivity contribution in [2.45, 2.75) is 29.1 Å². The van der Waals surface area contributed by atoms with Gasteiger partial charge in [-0.2, -0.15) is 9.36 Å². The standard InChI is InChI=1S/C29H27N5O3S3/c1-3-38-29-33-28(40-34-29)32-25(35)19(2)39-23-16-14-22(15-17-23)30-27(37)24(18-20-10-6-4-7-11-20)31-26(36)21-12-8-5-9-13-21/h4-19H,3H2,1-2H3,(H,30,37)(H,31,36)(H,32,33,34,35)/b24-18-. The highest BCUT2D eigenvalue weighted by molar-refractivity contribution is 8.00. The molecule has 1 atom stereocenters. The van der Waals surface area contributed by atoms with Crippen LogP contribution in [0.3, 0.4) is 0 Å². The van der Waals surface area contributed by atoms with Gasteiger partial charge in [-0.15, -0.1) is 11.8 Å². The number of hydrogen-bond acceptors (Lipinski definition) is 8. The Hall–Kier alpha value is -3.93. The minimum atomic E-state index is -0.459. The molecule has 0 aliphatic carbocycles. The van der Waals surface area contributed by atoms with Crippen molar-refractivity contribution < 1.29 is 14.4 Å². The van der Waals surface area contributed by atoms with Gasteiger partial charge in [-0.1, -0.05) is 67.2 Å². The first kappa shape index (κ1) is 29.1. The maximum Gasteiger partial charge on any atom is 0.272 e. The first-order valence-electron chi connectivity index (χ1n) is 12.4. The number of nitrogens with zero attached hydrogens (tertiary/aromatic N) is 2. The molecule has 1 aromatic heterocycles. The van der Waals surface area contributed by atoms with Crippen molar-refractivity contribution in [3.63, 3.8) is 0 Å². The molecule has 8 nitrogen and oxygen atoms in total. The van der Waals surface area contributed by atoms with Gasteiger partial charge >= 0.3 is 0 Å². The largest absolute Gasteiger partial charge is 0.321 e. The van der Waals surface area contributed by atoms with Crippen molar-refractivity contribution in [3.8, 4) is 0 Å². The van der Waals surface area contributed by atoms with E-state index in [9.17, 15) is 14.4 Å². The van der Waals surface area contributed by atoms with E-state index in [0.717, 1.165) is 27.7 Å². The van der Waals surface area contributed by atoms with Crippen molar-refractivity contribution in [3.05, 3.63) is 102 Å². The first-order valence-corrected chi connectivity index (χ1v) is 15.0. The lowest BCUT2D eigenvalue weighted by molar-refractivity contribution is -0.115. The van der Waals surface area contributed by atoms with Crippen LogP contribution in [-0.2, 0) is 9.59 Å². The molecule has 4 rings (SSSR count). The number of aromatic nitrogens is 2. The molecule has 0 aliphatic heterocycles. The molecule has 0 radical (unpaired) electrons. The van der Waals surface area contributed by atoms with Crippen molar-refractivity contribution in [2.24, 2.45) is 0 Å². The second-order valence-electron chi connectivity index (χ2n) is 8.33. The number of carbonyl (C=O) groups is 3. The Bertz CT molecular complexity index is 1480. The maximum atomic E-state index is 13.2. The van der Waals surface area contributed by atoms with Crippen molar-refractivity contribution in [1.29, 1.82) is 0 Å². The molecular formula is C29H27N5O3S3. The molecule has 3 aromatic carbocycles. The van der Waals surface area contributed by atoms with Crippen LogP contribution in [-0.4, -0.2) is 38.1 Å². The van der Waals surface area contributed by atoms with E-state index < -0.39 is 5.91 Å². The molecule has 11 heteroatoms. The van der Waals surface area contributed by atoms with Crippen LogP contribution in [0.4, 0.5) is 10.8 Å². The summed E-state index contributed by atoms with van der Waals surface area (Å²) in [5.74, 6) is -0.152. The van der Waals surface area contributed by atoms with E-state index >= 15 is 0 Å². The Kier molecular flexibility index (Phi) is 10.5. The molecule has 0 saturated heterocycles.